The van der Waals surface area contributed by atoms with Gasteiger partial charge in [0, 0.05) is 22.9 Å². The zero-order valence-electron chi connectivity index (χ0n) is 22.5. The lowest BCUT2D eigenvalue weighted by atomic mass is 9.78. The van der Waals surface area contributed by atoms with E-state index in [0.717, 1.165) is 27.9 Å². The van der Waals surface area contributed by atoms with E-state index in [2.05, 4.69) is 10.2 Å². The molecule has 7 heteroatoms. The van der Waals surface area contributed by atoms with Crippen LogP contribution in [0.3, 0.4) is 0 Å². The number of nitrogens with one attached hydrogen (secondary N) is 1. The number of amides is 1. The molecule has 2 N–H and O–H groups in total. The van der Waals surface area contributed by atoms with Crippen molar-refractivity contribution in [1.82, 2.24) is 9.78 Å². The van der Waals surface area contributed by atoms with E-state index >= 15 is 0 Å². The number of benzene rings is 3. The van der Waals surface area contributed by atoms with E-state index < -0.39 is 11.8 Å². The second kappa shape index (κ2) is 9.49. The summed E-state index contributed by atoms with van der Waals surface area (Å²) in [5.41, 5.74) is 8.00. The normalized spacial score (nSPS) is 16.2. The van der Waals surface area contributed by atoms with Crippen molar-refractivity contribution >= 4 is 17.3 Å². The molecule has 1 aromatic heterocycles. The fraction of sp³-hybridized carbons (Fsp3) is 0.258. The molecule has 0 saturated carbocycles. The smallest absolute Gasteiger partial charge is 0.275 e. The van der Waals surface area contributed by atoms with Gasteiger partial charge in [-0.15, -0.1) is 0 Å². The molecule has 4 aromatic rings. The average Bonchev–Trinajstić information content (AvgIpc) is 3.33. The van der Waals surface area contributed by atoms with E-state index in [1.807, 2.05) is 84.0 Å². The monoisotopic (exact) mass is 508 g/mol. The van der Waals surface area contributed by atoms with Crippen molar-refractivity contribution in [1.29, 1.82) is 0 Å². The standard InChI is InChI=1S/C31H32N4O3/c1-17-10-12-24(14-19(17)3)34-30(37)27(21(5)32-34)29(23-8-7-9-26(36)16-23)28-22(6)33-35(31(28)38)25-13-11-18(2)20(4)15-25/h7-16,27,29,33,36H,1-6H3/t27-,29+/m1/s1. The maximum absolute atomic E-state index is 14.0. The summed E-state index contributed by atoms with van der Waals surface area (Å²) in [7, 11) is 0. The highest BCUT2D eigenvalue weighted by atomic mass is 16.3. The van der Waals surface area contributed by atoms with Gasteiger partial charge in [0.25, 0.3) is 11.5 Å². The van der Waals surface area contributed by atoms with Gasteiger partial charge in [0.1, 0.15) is 5.75 Å². The zero-order chi connectivity index (χ0) is 27.3. The minimum atomic E-state index is -0.714. The second-order valence-corrected chi connectivity index (χ2v) is 10.3. The third-order valence-corrected chi connectivity index (χ3v) is 7.66. The molecule has 0 radical (unpaired) electrons. The molecule has 38 heavy (non-hydrogen) atoms. The Hall–Kier alpha value is -4.39. The van der Waals surface area contributed by atoms with Crippen LogP contribution in [-0.4, -0.2) is 26.5 Å². The molecule has 1 aliphatic rings. The van der Waals surface area contributed by atoms with Crippen molar-refractivity contribution in [3.05, 3.63) is 110 Å². The van der Waals surface area contributed by atoms with Crippen molar-refractivity contribution < 1.29 is 9.90 Å². The topological polar surface area (TPSA) is 90.7 Å². The predicted molar refractivity (Wildman–Crippen MR) is 151 cm³/mol. The summed E-state index contributed by atoms with van der Waals surface area (Å²) in [5.74, 6) is -1.50. The van der Waals surface area contributed by atoms with Gasteiger partial charge >= 0.3 is 0 Å². The van der Waals surface area contributed by atoms with Gasteiger partial charge in [0.15, 0.2) is 0 Å². The summed E-state index contributed by atoms with van der Waals surface area (Å²) in [5, 5.41) is 19.6. The molecule has 0 saturated heterocycles. The first-order valence-electron chi connectivity index (χ1n) is 12.7. The molecule has 1 amide bonds. The molecule has 7 nitrogen and oxygen atoms in total. The summed E-state index contributed by atoms with van der Waals surface area (Å²) in [6.07, 6.45) is 0. The first kappa shape index (κ1) is 25.3. The number of H-pyrrole nitrogens is 1. The summed E-state index contributed by atoms with van der Waals surface area (Å²) < 4.78 is 1.53. The Kier molecular flexibility index (Phi) is 6.31. The van der Waals surface area contributed by atoms with Crippen molar-refractivity contribution in [2.75, 3.05) is 5.01 Å². The van der Waals surface area contributed by atoms with Crippen molar-refractivity contribution in [3.8, 4) is 11.4 Å². The molecular weight excluding hydrogens is 476 g/mol. The van der Waals surface area contributed by atoms with E-state index in [-0.39, 0.29) is 17.2 Å². The van der Waals surface area contributed by atoms with Crippen LogP contribution in [0.5, 0.6) is 5.75 Å². The highest BCUT2D eigenvalue weighted by Crippen LogP contribution is 2.39. The fourth-order valence-corrected chi connectivity index (χ4v) is 5.22. The van der Waals surface area contributed by atoms with Gasteiger partial charge in [-0.3, -0.25) is 14.7 Å². The second-order valence-electron chi connectivity index (χ2n) is 10.3. The molecule has 3 aromatic carbocycles. The van der Waals surface area contributed by atoms with Crippen LogP contribution in [0.15, 0.2) is 70.6 Å². The third kappa shape index (κ3) is 4.24. The van der Waals surface area contributed by atoms with Gasteiger partial charge < -0.3 is 5.11 Å². The van der Waals surface area contributed by atoms with Crippen molar-refractivity contribution in [3.63, 3.8) is 0 Å². The minimum Gasteiger partial charge on any atom is -0.508 e. The number of aromatic amines is 1. The number of phenols is 1. The number of aromatic hydroxyl groups is 1. The Labute approximate surface area is 222 Å². The molecule has 2 heterocycles. The lowest BCUT2D eigenvalue weighted by Crippen LogP contribution is -2.34. The van der Waals surface area contributed by atoms with Gasteiger partial charge in [-0.25, -0.2) is 9.69 Å². The number of carbonyl (C=O) groups excluding carboxylic acids is 1. The van der Waals surface area contributed by atoms with E-state index in [1.165, 1.54) is 9.69 Å². The maximum Gasteiger partial charge on any atom is 0.275 e. The lowest BCUT2D eigenvalue weighted by Gasteiger charge is -2.23. The van der Waals surface area contributed by atoms with Gasteiger partial charge in [-0.05, 0) is 106 Å². The number of nitrogens with zero attached hydrogens (tertiary/aromatic N) is 3. The molecule has 1 aliphatic heterocycles. The number of hydrogen-bond donors (Lipinski definition) is 2. The van der Waals surface area contributed by atoms with E-state index in [9.17, 15) is 14.7 Å². The number of aromatic nitrogens is 2. The van der Waals surface area contributed by atoms with Crippen molar-refractivity contribution in [2.24, 2.45) is 11.0 Å². The Morgan fingerprint density at radius 1 is 0.816 bits per heavy atom. The number of aryl methyl sites for hydroxylation is 5. The number of carbonyl (C=O) groups is 1. The minimum absolute atomic E-state index is 0.0706. The Morgan fingerprint density at radius 3 is 2.08 bits per heavy atom. The first-order chi connectivity index (χ1) is 18.1. The van der Waals surface area contributed by atoms with Crippen LogP contribution in [0.1, 0.15) is 51.9 Å². The van der Waals surface area contributed by atoms with Crippen LogP contribution in [-0.2, 0) is 4.79 Å². The highest BCUT2D eigenvalue weighted by Gasteiger charge is 2.43. The van der Waals surface area contributed by atoms with E-state index in [0.29, 0.717) is 28.2 Å². The van der Waals surface area contributed by atoms with Crippen LogP contribution in [0, 0.1) is 40.5 Å². The Balaban J connectivity index is 1.66. The predicted octanol–water partition coefficient (Wildman–Crippen LogP) is 5.58. The fourth-order valence-electron chi connectivity index (χ4n) is 5.22. The van der Waals surface area contributed by atoms with Gasteiger partial charge in [-0.1, -0.05) is 24.3 Å². The van der Waals surface area contributed by atoms with E-state index in [4.69, 9.17) is 0 Å². The van der Waals surface area contributed by atoms with Crippen LogP contribution >= 0.6 is 0 Å². The van der Waals surface area contributed by atoms with Crippen LogP contribution < -0.4 is 10.6 Å². The summed E-state index contributed by atoms with van der Waals surface area (Å²) in [4.78, 5) is 28.0. The Morgan fingerprint density at radius 2 is 1.45 bits per heavy atom. The van der Waals surface area contributed by atoms with E-state index in [1.54, 1.807) is 18.2 Å². The van der Waals surface area contributed by atoms with Crippen LogP contribution in [0.2, 0.25) is 0 Å². The molecule has 0 unspecified atom stereocenters. The number of hydrogen-bond acceptors (Lipinski definition) is 4. The molecule has 2 atom stereocenters. The lowest BCUT2D eigenvalue weighted by molar-refractivity contribution is -0.120. The average molecular weight is 509 g/mol. The maximum atomic E-state index is 14.0. The molecule has 194 valence electrons. The summed E-state index contributed by atoms with van der Waals surface area (Å²) in [6.45, 7) is 11.7. The molecular formula is C31H32N4O3. The molecule has 0 bridgehead atoms. The molecule has 0 spiro atoms. The molecule has 0 fully saturated rings. The van der Waals surface area contributed by atoms with Gasteiger partial charge in [0.2, 0.25) is 0 Å². The van der Waals surface area contributed by atoms with Crippen LogP contribution in [0.4, 0.5) is 5.69 Å². The SMILES string of the molecule is CC1=NN(c2ccc(C)c(C)c2)C(=O)[C@H]1[C@H](c1cccc(O)c1)c1c(C)[nH]n(-c2ccc(C)c(C)c2)c1=O. The Bertz CT molecular complexity index is 1660. The van der Waals surface area contributed by atoms with Gasteiger partial charge in [-0.2, -0.15) is 5.10 Å². The number of hydrazone groups is 1. The number of anilines is 1. The molecule has 5 rings (SSSR count). The zero-order valence-corrected chi connectivity index (χ0v) is 22.5. The summed E-state index contributed by atoms with van der Waals surface area (Å²) in [6, 6.07) is 18.4. The van der Waals surface area contributed by atoms with Crippen LogP contribution in [0.25, 0.3) is 5.69 Å². The quantitative estimate of drug-likeness (QED) is 0.369. The first-order valence-corrected chi connectivity index (χ1v) is 12.7. The molecule has 0 aliphatic carbocycles. The van der Waals surface area contributed by atoms with Gasteiger partial charge in [0.05, 0.1) is 17.3 Å². The van der Waals surface area contributed by atoms with Crippen molar-refractivity contribution in [2.45, 2.75) is 47.5 Å². The third-order valence-electron chi connectivity index (χ3n) is 7.66. The number of rotatable bonds is 5. The largest absolute Gasteiger partial charge is 0.508 e. The highest BCUT2D eigenvalue weighted by molar-refractivity contribution is 6.15. The number of phenolic OH excluding ortho intramolecular Hbond substituents is 1. The summed E-state index contributed by atoms with van der Waals surface area (Å²) >= 11 is 0.